The van der Waals surface area contributed by atoms with Crippen LogP contribution in [0.1, 0.15) is 16.1 Å². The van der Waals surface area contributed by atoms with Crippen LogP contribution in [0.2, 0.25) is 0 Å². The number of nitrogens with one attached hydrogen (secondary N) is 2. The number of hydrogen-bond donors (Lipinski definition) is 2. The fourth-order valence-corrected chi connectivity index (χ4v) is 2.37. The number of amides is 1. The Hall–Kier alpha value is -2.80. The van der Waals surface area contributed by atoms with Crippen LogP contribution in [0.5, 0.6) is 5.75 Å². The number of benzene rings is 1. The lowest BCUT2D eigenvalue weighted by Gasteiger charge is -2.06. The third-order valence-corrected chi connectivity index (χ3v) is 3.38. The molecule has 0 spiro atoms. The molecule has 0 bridgehead atoms. The minimum Gasteiger partial charge on any atom is -0.496 e. The van der Waals surface area contributed by atoms with Crippen LogP contribution in [0.25, 0.3) is 11.0 Å². The maximum atomic E-state index is 12.4. The third kappa shape index (κ3) is 3.19. The quantitative estimate of drug-likeness (QED) is 0.756. The molecule has 2 heterocycles. The molecule has 0 atom stereocenters. The number of anilines is 1. The summed E-state index contributed by atoms with van der Waals surface area (Å²) < 4.78 is 10.7. The molecular formula is C16H18N4O3. The number of carbonyl (C=O) groups excluding carboxylic acids is 1. The fourth-order valence-electron chi connectivity index (χ4n) is 2.37. The van der Waals surface area contributed by atoms with Crippen LogP contribution in [0.3, 0.4) is 0 Å². The number of aromatic amines is 1. The van der Waals surface area contributed by atoms with E-state index in [1.165, 1.54) is 0 Å². The predicted molar refractivity (Wildman–Crippen MR) is 86.7 cm³/mol. The number of furan rings is 1. The van der Waals surface area contributed by atoms with Gasteiger partial charge in [0, 0.05) is 18.2 Å². The first kappa shape index (κ1) is 15.1. The first-order chi connectivity index (χ1) is 11.1. The fraction of sp³-hybridized carbons (Fsp3) is 0.250. The van der Waals surface area contributed by atoms with E-state index < -0.39 is 0 Å². The lowest BCUT2D eigenvalue weighted by atomic mass is 10.1. The molecule has 7 heteroatoms. The van der Waals surface area contributed by atoms with Gasteiger partial charge in [-0.2, -0.15) is 5.10 Å². The van der Waals surface area contributed by atoms with Crippen molar-refractivity contribution < 1.29 is 13.9 Å². The number of nitrogens with zero attached hydrogens (tertiary/aromatic N) is 2. The zero-order valence-electron chi connectivity index (χ0n) is 13.2. The first-order valence-corrected chi connectivity index (χ1v) is 7.12. The molecule has 0 aliphatic carbocycles. The highest BCUT2D eigenvalue weighted by Gasteiger charge is 2.14. The normalized spacial score (nSPS) is 11.1. The van der Waals surface area contributed by atoms with Crippen LogP contribution >= 0.6 is 0 Å². The van der Waals surface area contributed by atoms with Crippen molar-refractivity contribution in [1.29, 1.82) is 0 Å². The number of carbonyl (C=O) groups is 1. The van der Waals surface area contributed by atoms with E-state index in [0.717, 1.165) is 17.6 Å². The van der Waals surface area contributed by atoms with Crippen molar-refractivity contribution in [2.75, 3.05) is 26.5 Å². The van der Waals surface area contributed by atoms with Gasteiger partial charge in [0.15, 0.2) is 5.82 Å². The van der Waals surface area contributed by atoms with E-state index in [9.17, 15) is 4.79 Å². The van der Waals surface area contributed by atoms with Crippen LogP contribution in [0.4, 0.5) is 5.82 Å². The minimum absolute atomic E-state index is 0.274. The Morgan fingerprint density at radius 3 is 2.96 bits per heavy atom. The number of methoxy groups -OCH3 is 1. The molecule has 0 saturated heterocycles. The molecule has 0 radical (unpaired) electrons. The number of aromatic nitrogens is 2. The smallest absolute Gasteiger partial charge is 0.257 e. The summed E-state index contributed by atoms with van der Waals surface area (Å²) in [6.45, 7) is 0.717. The number of fused-ring (bicyclic) bond motifs is 1. The van der Waals surface area contributed by atoms with Crippen LogP contribution < -0.4 is 10.1 Å². The summed E-state index contributed by atoms with van der Waals surface area (Å²) in [7, 11) is 5.48. The van der Waals surface area contributed by atoms with Gasteiger partial charge in [0.2, 0.25) is 0 Å². The Morgan fingerprint density at radius 2 is 2.22 bits per heavy atom. The van der Waals surface area contributed by atoms with E-state index in [4.69, 9.17) is 9.15 Å². The Labute approximate surface area is 133 Å². The summed E-state index contributed by atoms with van der Waals surface area (Å²) in [5, 5.41) is 10.6. The van der Waals surface area contributed by atoms with Gasteiger partial charge in [-0.05, 0) is 32.3 Å². The summed E-state index contributed by atoms with van der Waals surface area (Å²) in [5.74, 6) is 0.798. The maximum Gasteiger partial charge on any atom is 0.257 e. The molecule has 23 heavy (non-hydrogen) atoms. The van der Waals surface area contributed by atoms with Gasteiger partial charge in [-0.3, -0.25) is 9.89 Å². The summed E-state index contributed by atoms with van der Waals surface area (Å²) in [6, 6.07) is 6.97. The summed E-state index contributed by atoms with van der Waals surface area (Å²) in [6.07, 6.45) is 1.57. The van der Waals surface area contributed by atoms with Crippen LogP contribution in [0, 0.1) is 0 Å². The minimum atomic E-state index is -0.274. The van der Waals surface area contributed by atoms with Gasteiger partial charge in [0.25, 0.3) is 5.91 Å². The molecule has 120 valence electrons. The van der Waals surface area contributed by atoms with E-state index in [2.05, 4.69) is 15.5 Å². The largest absolute Gasteiger partial charge is 0.496 e. The molecule has 2 aromatic heterocycles. The summed E-state index contributed by atoms with van der Waals surface area (Å²) in [4.78, 5) is 14.4. The topological polar surface area (TPSA) is 83.4 Å². The second kappa shape index (κ2) is 6.13. The summed E-state index contributed by atoms with van der Waals surface area (Å²) in [5.41, 5.74) is 1.97. The molecule has 3 rings (SSSR count). The van der Waals surface area contributed by atoms with Gasteiger partial charge in [-0.1, -0.05) is 0 Å². The Kier molecular flexibility index (Phi) is 4.03. The van der Waals surface area contributed by atoms with E-state index in [1.54, 1.807) is 37.6 Å². The predicted octanol–water partition coefficient (Wildman–Crippen LogP) is 2.48. The first-order valence-electron chi connectivity index (χ1n) is 7.12. The Morgan fingerprint density at radius 1 is 1.39 bits per heavy atom. The van der Waals surface area contributed by atoms with Gasteiger partial charge in [-0.15, -0.1) is 0 Å². The van der Waals surface area contributed by atoms with Crippen molar-refractivity contribution in [3.8, 4) is 5.75 Å². The number of ether oxygens (including phenoxy) is 1. The van der Waals surface area contributed by atoms with Gasteiger partial charge in [0.05, 0.1) is 24.5 Å². The molecule has 0 aliphatic heterocycles. The molecule has 7 nitrogen and oxygen atoms in total. The second-order valence-corrected chi connectivity index (χ2v) is 5.48. The van der Waals surface area contributed by atoms with Gasteiger partial charge in [-0.25, -0.2) is 0 Å². The number of rotatable bonds is 5. The second-order valence-electron chi connectivity index (χ2n) is 5.48. The molecule has 0 saturated carbocycles. The lowest BCUT2D eigenvalue weighted by molar-refractivity contribution is 0.102. The lowest BCUT2D eigenvalue weighted by Crippen LogP contribution is -2.12. The van der Waals surface area contributed by atoms with Crippen LogP contribution in [0.15, 0.2) is 34.9 Å². The van der Waals surface area contributed by atoms with E-state index in [-0.39, 0.29) is 5.91 Å². The third-order valence-electron chi connectivity index (χ3n) is 3.38. The average Bonchev–Trinajstić information content (AvgIpc) is 3.14. The molecule has 1 amide bonds. The van der Waals surface area contributed by atoms with E-state index in [0.29, 0.717) is 22.7 Å². The monoisotopic (exact) mass is 314 g/mol. The average molecular weight is 314 g/mol. The molecule has 2 N–H and O–H groups in total. The highest BCUT2D eigenvalue weighted by molar-refractivity contribution is 6.06. The maximum absolute atomic E-state index is 12.4. The molecular weight excluding hydrogens is 296 g/mol. The molecule has 1 aromatic carbocycles. The Bertz CT molecular complexity index is 835. The standard InChI is InChI=1S/C16H18N4O3/c1-20(2)9-11-8-15(19-18-11)17-16(21)10-6-13(22-3)12-4-5-23-14(12)7-10/h4-8H,9H2,1-3H3,(H2,17,18,19,21). The summed E-state index contributed by atoms with van der Waals surface area (Å²) >= 11 is 0. The molecule has 0 aliphatic rings. The van der Waals surface area contributed by atoms with Crippen LogP contribution in [-0.2, 0) is 6.54 Å². The molecule has 0 unspecified atom stereocenters. The Balaban J connectivity index is 1.81. The van der Waals surface area contributed by atoms with Gasteiger partial charge >= 0.3 is 0 Å². The molecule has 0 fully saturated rings. The molecule has 3 aromatic rings. The highest BCUT2D eigenvalue weighted by atomic mass is 16.5. The van der Waals surface area contributed by atoms with Crippen molar-refractivity contribution >= 4 is 22.7 Å². The van der Waals surface area contributed by atoms with Crippen molar-refractivity contribution in [3.05, 3.63) is 41.8 Å². The van der Waals surface area contributed by atoms with E-state index >= 15 is 0 Å². The van der Waals surface area contributed by atoms with Crippen molar-refractivity contribution in [1.82, 2.24) is 15.1 Å². The number of hydrogen-bond acceptors (Lipinski definition) is 5. The van der Waals surface area contributed by atoms with Crippen molar-refractivity contribution in [3.63, 3.8) is 0 Å². The highest BCUT2D eigenvalue weighted by Crippen LogP contribution is 2.28. The van der Waals surface area contributed by atoms with Gasteiger partial charge in [0.1, 0.15) is 11.3 Å². The zero-order chi connectivity index (χ0) is 16.4. The zero-order valence-corrected chi connectivity index (χ0v) is 13.2. The van der Waals surface area contributed by atoms with Gasteiger partial charge < -0.3 is 19.4 Å². The number of H-pyrrole nitrogens is 1. The van der Waals surface area contributed by atoms with Crippen LogP contribution in [-0.4, -0.2) is 42.2 Å². The van der Waals surface area contributed by atoms with E-state index in [1.807, 2.05) is 19.0 Å². The van der Waals surface area contributed by atoms with Crippen molar-refractivity contribution in [2.45, 2.75) is 6.54 Å². The SMILES string of the molecule is COc1cc(C(=O)Nc2cc(CN(C)C)[nH]n2)cc2occc12. The van der Waals surface area contributed by atoms with Crippen molar-refractivity contribution in [2.24, 2.45) is 0 Å².